The maximum absolute atomic E-state index is 11.9. The van der Waals surface area contributed by atoms with Gasteiger partial charge in [0.2, 0.25) is 5.95 Å². The fraction of sp³-hybridized carbons (Fsp3) is 0.333. The second-order valence-electron chi connectivity index (χ2n) is 9.68. The molecule has 0 bridgehead atoms. The summed E-state index contributed by atoms with van der Waals surface area (Å²) in [6, 6.07) is 11.8. The molecule has 36 heavy (non-hydrogen) atoms. The van der Waals surface area contributed by atoms with Gasteiger partial charge in [-0.3, -0.25) is 10.1 Å². The molecule has 5 rings (SSSR count). The molecule has 0 radical (unpaired) electrons. The van der Waals surface area contributed by atoms with Crippen LogP contribution in [0.25, 0.3) is 22.2 Å². The van der Waals surface area contributed by atoms with E-state index in [1.165, 1.54) is 16.5 Å². The highest BCUT2D eigenvalue weighted by Gasteiger charge is 2.21. The Balaban J connectivity index is 1.47. The third-order valence-corrected chi connectivity index (χ3v) is 6.82. The predicted molar refractivity (Wildman–Crippen MR) is 144 cm³/mol. The van der Waals surface area contributed by atoms with Crippen LogP contribution in [0, 0.1) is 17.0 Å². The Morgan fingerprint density at radius 1 is 1.17 bits per heavy atom. The summed E-state index contributed by atoms with van der Waals surface area (Å²) in [6.07, 6.45) is 6.13. The van der Waals surface area contributed by atoms with Crippen molar-refractivity contribution in [3.63, 3.8) is 0 Å². The van der Waals surface area contributed by atoms with Gasteiger partial charge in [-0.05, 0) is 57.1 Å². The van der Waals surface area contributed by atoms with E-state index in [1.807, 2.05) is 45.1 Å². The molecule has 0 aliphatic carbocycles. The zero-order valence-corrected chi connectivity index (χ0v) is 21.2. The number of likely N-dealkylation sites (N-methyl/N-ethyl adjacent to an activating group) is 2. The summed E-state index contributed by atoms with van der Waals surface area (Å²) in [5, 5.41) is 16.3. The van der Waals surface area contributed by atoms with Crippen molar-refractivity contribution in [3.05, 3.63) is 70.0 Å². The molecule has 2 aromatic carbocycles. The molecular weight excluding hydrogens is 454 g/mol. The van der Waals surface area contributed by atoms with Gasteiger partial charge in [0.25, 0.3) is 5.69 Å². The van der Waals surface area contributed by atoms with Crippen molar-refractivity contribution in [2.75, 3.05) is 44.4 Å². The molecule has 0 saturated heterocycles. The molecule has 0 atom stereocenters. The van der Waals surface area contributed by atoms with Gasteiger partial charge >= 0.3 is 0 Å². The number of nitrogens with one attached hydrogen (secondary N) is 1. The third-order valence-electron chi connectivity index (χ3n) is 6.82. The van der Waals surface area contributed by atoms with Gasteiger partial charge in [-0.25, -0.2) is 9.97 Å². The van der Waals surface area contributed by atoms with E-state index < -0.39 is 0 Å². The van der Waals surface area contributed by atoms with Gasteiger partial charge in [0, 0.05) is 56.1 Å². The molecule has 9 nitrogen and oxygen atoms in total. The number of rotatable bonds is 8. The first kappa shape index (κ1) is 23.7. The number of benzene rings is 2. The zero-order chi connectivity index (χ0) is 25.4. The number of nitro groups is 1. The number of anilines is 3. The highest BCUT2D eigenvalue weighted by atomic mass is 16.6. The smallest absolute Gasteiger partial charge is 0.294 e. The van der Waals surface area contributed by atoms with Gasteiger partial charge in [-0.2, -0.15) is 0 Å². The van der Waals surface area contributed by atoms with E-state index in [2.05, 4.69) is 44.2 Å². The minimum Gasteiger partial charge on any atom is -0.368 e. The third kappa shape index (κ3) is 4.49. The Hall–Kier alpha value is -3.98. The first-order valence-electron chi connectivity index (χ1n) is 12.2. The molecule has 0 spiro atoms. The van der Waals surface area contributed by atoms with Crippen LogP contribution in [0.5, 0.6) is 0 Å². The van der Waals surface area contributed by atoms with E-state index in [0.29, 0.717) is 23.9 Å². The summed E-state index contributed by atoms with van der Waals surface area (Å²) in [6.45, 7) is 4.41. The predicted octanol–water partition coefficient (Wildman–Crippen LogP) is 5.00. The van der Waals surface area contributed by atoms with E-state index in [9.17, 15) is 10.1 Å². The second kappa shape index (κ2) is 9.58. The fourth-order valence-corrected chi connectivity index (χ4v) is 4.89. The van der Waals surface area contributed by atoms with Gasteiger partial charge in [-0.1, -0.05) is 18.2 Å². The highest BCUT2D eigenvalue weighted by molar-refractivity contribution is 5.97. The van der Waals surface area contributed by atoms with Crippen LogP contribution in [0.3, 0.4) is 0 Å². The second-order valence-corrected chi connectivity index (χ2v) is 9.68. The quantitative estimate of drug-likeness (QED) is 0.277. The largest absolute Gasteiger partial charge is 0.368 e. The van der Waals surface area contributed by atoms with Crippen LogP contribution in [-0.4, -0.2) is 58.6 Å². The number of nitro benzene ring substituents is 1. The Labute approximate surface area is 210 Å². The summed E-state index contributed by atoms with van der Waals surface area (Å²) < 4.78 is 2.32. The molecule has 1 aliphatic heterocycles. The van der Waals surface area contributed by atoms with Crippen LogP contribution in [0.2, 0.25) is 0 Å². The van der Waals surface area contributed by atoms with E-state index in [-0.39, 0.29) is 10.6 Å². The highest BCUT2D eigenvalue weighted by Crippen LogP contribution is 2.36. The zero-order valence-electron chi connectivity index (χ0n) is 21.2. The molecule has 0 amide bonds. The molecule has 4 aromatic rings. The van der Waals surface area contributed by atoms with Gasteiger partial charge in [0.15, 0.2) is 0 Å². The summed E-state index contributed by atoms with van der Waals surface area (Å²) in [5.41, 5.74) is 6.69. The molecule has 0 fully saturated rings. The van der Waals surface area contributed by atoms with Crippen molar-refractivity contribution in [1.82, 2.24) is 19.4 Å². The number of nitrogens with zero attached hydrogens (tertiary/aromatic N) is 6. The van der Waals surface area contributed by atoms with Crippen LogP contribution < -0.4 is 10.2 Å². The van der Waals surface area contributed by atoms with Crippen LogP contribution in [0.15, 0.2) is 48.8 Å². The maximum atomic E-state index is 11.9. The lowest BCUT2D eigenvalue weighted by molar-refractivity contribution is -0.384. The summed E-state index contributed by atoms with van der Waals surface area (Å²) >= 11 is 0. The van der Waals surface area contributed by atoms with Crippen molar-refractivity contribution >= 4 is 33.9 Å². The van der Waals surface area contributed by atoms with E-state index in [4.69, 9.17) is 4.98 Å². The maximum Gasteiger partial charge on any atom is 0.294 e. The Morgan fingerprint density at radius 3 is 2.78 bits per heavy atom. The average molecular weight is 486 g/mol. The lowest BCUT2D eigenvalue weighted by Gasteiger charge is -2.22. The van der Waals surface area contributed by atoms with Crippen molar-refractivity contribution in [2.24, 2.45) is 0 Å². The van der Waals surface area contributed by atoms with E-state index in [0.717, 1.165) is 42.8 Å². The van der Waals surface area contributed by atoms with Gasteiger partial charge in [0.1, 0.15) is 5.69 Å². The van der Waals surface area contributed by atoms with Crippen LogP contribution >= 0.6 is 0 Å². The number of para-hydroxylation sites is 1. The van der Waals surface area contributed by atoms with Crippen LogP contribution in [0.1, 0.15) is 17.5 Å². The van der Waals surface area contributed by atoms with Gasteiger partial charge in [0.05, 0.1) is 21.8 Å². The monoisotopic (exact) mass is 485 g/mol. The van der Waals surface area contributed by atoms with Crippen molar-refractivity contribution in [3.8, 4) is 11.3 Å². The Morgan fingerprint density at radius 2 is 2.00 bits per heavy atom. The molecule has 0 saturated carbocycles. The van der Waals surface area contributed by atoms with Crippen molar-refractivity contribution in [2.45, 2.75) is 26.3 Å². The fourth-order valence-electron chi connectivity index (χ4n) is 4.89. The molecule has 186 valence electrons. The number of hydrogen-bond donors (Lipinski definition) is 1. The van der Waals surface area contributed by atoms with Crippen LogP contribution in [0.4, 0.5) is 23.0 Å². The normalized spacial score (nSPS) is 12.8. The van der Waals surface area contributed by atoms with Crippen LogP contribution in [-0.2, 0) is 13.0 Å². The minimum atomic E-state index is -0.336. The van der Waals surface area contributed by atoms with E-state index in [1.54, 1.807) is 12.3 Å². The van der Waals surface area contributed by atoms with E-state index >= 15 is 0 Å². The molecule has 9 heteroatoms. The molecule has 0 unspecified atom stereocenters. The number of aryl methyl sites for hydroxylation is 3. The Bertz CT molecular complexity index is 1440. The lowest BCUT2D eigenvalue weighted by Crippen LogP contribution is -2.29. The Kier molecular flexibility index (Phi) is 6.32. The lowest BCUT2D eigenvalue weighted by atomic mass is 10.0. The molecular formula is C27H31N7O2. The molecule has 2 aromatic heterocycles. The first-order chi connectivity index (χ1) is 17.3. The minimum absolute atomic E-state index is 0.0505. The summed E-state index contributed by atoms with van der Waals surface area (Å²) in [5.74, 6) is 0.408. The van der Waals surface area contributed by atoms with Crippen molar-refractivity contribution < 1.29 is 4.92 Å². The first-order valence-corrected chi connectivity index (χ1v) is 12.2. The molecule has 1 aliphatic rings. The topological polar surface area (TPSA) is 92.4 Å². The standard InChI is InChI=1S/C27H31N7O2/c1-18-15-24(32(4)14-13-31(2)3)25(34(35)36)16-23(18)30-27-28-11-10-22(29-27)21-17-33-12-6-8-19-7-5-9-20(21)26(19)33/h5,7,9-11,15-17H,6,8,12-14H2,1-4H3,(H,28,29,30). The summed E-state index contributed by atoms with van der Waals surface area (Å²) in [4.78, 5) is 24.7. The average Bonchev–Trinajstić information content (AvgIpc) is 3.24. The molecule has 1 N–H and O–H groups in total. The number of aromatic nitrogens is 3. The van der Waals surface area contributed by atoms with Gasteiger partial charge < -0.3 is 19.7 Å². The number of hydrogen-bond acceptors (Lipinski definition) is 7. The SMILES string of the molecule is Cc1cc(N(C)CCN(C)C)c([N+](=O)[O-])cc1Nc1nccc(-c2cn3c4c(cccc24)CCC3)n1. The summed E-state index contributed by atoms with van der Waals surface area (Å²) in [7, 11) is 5.85. The van der Waals surface area contributed by atoms with Gasteiger partial charge in [-0.15, -0.1) is 0 Å². The van der Waals surface area contributed by atoms with Crippen molar-refractivity contribution in [1.29, 1.82) is 0 Å². The molecule has 3 heterocycles.